The second kappa shape index (κ2) is 6.19. The van der Waals surface area contributed by atoms with Crippen molar-refractivity contribution in [1.82, 2.24) is 4.90 Å². The molecule has 0 saturated carbocycles. The maximum absolute atomic E-state index is 12.9. The molecule has 0 aliphatic carbocycles. The minimum Gasteiger partial charge on any atom is -0.324 e. The lowest BCUT2D eigenvalue weighted by Gasteiger charge is -2.30. The van der Waals surface area contributed by atoms with Gasteiger partial charge in [0.1, 0.15) is 6.04 Å². The number of hydrogen-bond donors (Lipinski definition) is 1. The Kier molecular flexibility index (Phi) is 4.41. The third-order valence-electron chi connectivity index (χ3n) is 4.99. The molecule has 124 valence electrons. The SMILES string of the molecule is CCc1cccc(CC)c1NC(=O)[C@@H]1CS[C@]2(C)CCC(=O)N12. The van der Waals surface area contributed by atoms with E-state index in [1.807, 2.05) is 11.0 Å². The predicted octanol–water partition coefficient (Wildman–Crippen LogP) is 3.20. The Morgan fingerprint density at radius 2 is 2.00 bits per heavy atom. The first kappa shape index (κ1) is 16.4. The molecule has 0 unspecified atom stereocenters. The Hall–Kier alpha value is -1.49. The molecule has 5 heteroatoms. The highest BCUT2D eigenvalue weighted by molar-refractivity contribution is 8.01. The van der Waals surface area contributed by atoms with Crippen molar-refractivity contribution in [1.29, 1.82) is 0 Å². The molecule has 0 bridgehead atoms. The topological polar surface area (TPSA) is 49.4 Å². The zero-order valence-corrected chi connectivity index (χ0v) is 14.8. The molecule has 2 atom stereocenters. The van der Waals surface area contributed by atoms with Crippen molar-refractivity contribution in [3.63, 3.8) is 0 Å². The molecule has 3 rings (SSSR count). The van der Waals surface area contributed by atoms with Crippen LogP contribution in [0.15, 0.2) is 18.2 Å². The number of fused-ring (bicyclic) bond motifs is 1. The number of hydrogen-bond acceptors (Lipinski definition) is 3. The van der Waals surface area contributed by atoms with E-state index in [2.05, 4.69) is 38.2 Å². The number of amides is 2. The molecule has 2 fully saturated rings. The summed E-state index contributed by atoms with van der Waals surface area (Å²) in [6.45, 7) is 6.27. The van der Waals surface area contributed by atoms with Crippen molar-refractivity contribution < 1.29 is 9.59 Å². The van der Waals surface area contributed by atoms with Crippen LogP contribution in [0, 0.1) is 0 Å². The van der Waals surface area contributed by atoms with Crippen LogP contribution >= 0.6 is 11.8 Å². The maximum atomic E-state index is 12.9. The van der Waals surface area contributed by atoms with Gasteiger partial charge < -0.3 is 10.2 Å². The summed E-state index contributed by atoms with van der Waals surface area (Å²) >= 11 is 1.73. The van der Waals surface area contributed by atoms with Crippen LogP contribution in [-0.2, 0) is 22.4 Å². The Morgan fingerprint density at radius 3 is 2.61 bits per heavy atom. The standard InChI is InChI=1S/C18H24N2O2S/c1-4-12-7-6-8-13(5-2)16(12)19-17(22)14-11-23-18(3)10-9-15(21)20(14)18/h6-8,14H,4-5,9-11H2,1-3H3,(H,19,22)/t14-,18+/m0/s1. The number of anilines is 1. The van der Waals surface area contributed by atoms with E-state index in [1.165, 1.54) is 0 Å². The molecule has 1 aromatic rings. The normalized spacial score (nSPS) is 26.5. The predicted molar refractivity (Wildman–Crippen MR) is 94.6 cm³/mol. The fourth-order valence-corrected chi connectivity index (χ4v) is 5.06. The van der Waals surface area contributed by atoms with E-state index in [4.69, 9.17) is 0 Å². The van der Waals surface area contributed by atoms with Gasteiger partial charge in [0.25, 0.3) is 0 Å². The van der Waals surface area contributed by atoms with Gasteiger partial charge in [-0.1, -0.05) is 32.0 Å². The van der Waals surface area contributed by atoms with Gasteiger partial charge in [0.15, 0.2) is 0 Å². The molecule has 0 spiro atoms. The first-order valence-corrected chi connectivity index (χ1v) is 9.36. The van der Waals surface area contributed by atoms with Crippen molar-refractivity contribution in [2.75, 3.05) is 11.1 Å². The molecule has 4 nitrogen and oxygen atoms in total. The van der Waals surface area contributed by atoms with E-state index >= 15 is 0 Å². The van der Waals surface area contributed by atoms with Gasteiger partial charge in [-0.15, -0.1) is 11.8 Å². The molecule has 2 heterocycles. The number of nitrogens with one attached hydrogen (secondary N) is 1. The van der Waals surface area contributed by atoms with Crippen molar-refractivity contribution in [3.05, 3.63) is 29.3 Å². The van der Waals surface area contributed by atoms with Gasteiger partial charge in [-0.25, -0.2) is 0 Å². The lowest BCUT2D eigenvalue weighted by molar-refractivity contribution is -0.135. The zero-order valence-electron chi connectivity index (χ0n) is 14.0. The van der Waals surface area contributed by atoms with Crippen molar-refractivity contribution in [2.45, 2.75) is 57.4 Å². The van der Waals surface area contributed by atoms with Crippen LogP contribution < -0.4 is 5.32 Å². The Balaban J connectivity index is 1.84. The number of nitrogens with zero attached hydrogens (tertiary/aromatic N) is 1. The van der Waals surface area contributed by atoms with E-state index in [1.54, 1.807) is 11.8 Å². The largest absolute Gasteiger partial charge is 0.324 e. The smallest absolute Gasteiger partial charge is 0.248 e. The summed E-state index contributed by atoms with van der Waals surface area (Å²) in [4.78, 5) is 26.7. The number of benzene rings is 1. The minimum absolute atomic E-state index is 0.0490. The van der Waals surface area contributed by atoms with E-state index < -0.39 is 0 Å². The first-order chi connectivity index (χ1) is 11.0. The molecule has 23 heavy (non-hydrogen) atoms. The van der Waals surface area contributed by atoms with Gasteiger partial charge in [-0.05, 0) is 37.3 Å². The molecule has 0 radical (unpaired) electrons. The average Bonchev–Trinajstić information content (AvgIpc) is 3.04. The summed E-state index contributed by atoms with van der Waals surface area (Å²) in [6, 6.07) is 5.81. The van der Waals surface area contributed by atoms with Gasteiger partial charge in [0.2, 0.25) is 11.8 Å². The van der Waals surface area contributed by atoms with Crippen LogP contribution in [0.4, 0.5) is 5.69 Å². The summed E-state index contributed by atoms with van der Waals surface area (Å²) < 4.78 is 0. The van der Waals surface area contributed by atoms with E-state index in [0.717, 1.165) is 36.1 Å². The lowest BCUT2D eigenvalue weighted by atomic mass is 10.0. The third kappa shape index (κ3) is 2.75. The summed E-state index contributed by atoms with van der Waals surface area (Å²) in [5, 5.41) is 3.13. The third-order valence-corrected chi connectivity index (χ3v) is 6.50. The van der Waals surface area contributed by atoms with E-state index in [9.17, 15) is 9.59 Å². The first-order valence-electron chi connectivity index (χ1n) is 8.38. The summed E-state index contributed by atoms with van der Waals surface area (Å²) in [5.74, 6) is 0.744. The molecule has 2 aliphatic heterocycles. The molecular weight excluding hydrogens is 308 g/mol. The molecule has 2 amide bonds. The van der Waals surface area contributed by atoms with Crippen LogP contribution in [0.3, 0.4) is 0 Å². The van der Waals surface area contributed by atoms with E-state index in [-0.39, 0.29) is 22.7 Å². The lowest BCUT2D eigenvalue weighted by Crippen LogP contribution is -2.48. The zero-order chi connectivity index (χ0) is 16.6. The Labute approximate surface area is 142 Å². The van der Waals surface area contributed by atoms with Crippen molar-refractivity contribution >= 4 is 29.3 Å². The molecule has 2 saturated heterocycles. The summed E-state index contributed by atoms with van der Waals surface area (Å²) in [7, 11) is 0. The van der Waals surface area contributed by atoms with Gasteiger partial charge in [-0.2, -0.15) is 0 Å². The highest BCUT2D eigenvalue weighted by atomic mass is 32.2. The monoisotopic (exact) mass is 332 g/mol. The molecule has 0 aromatic heterocycles. The average molecular weight is 332 g/mol. The van der Waals surface area contributed by atoms with Gasteiger partial charge in [0.05, 0.1) is 4.87 Å². The van der Waals surface area contributed by atoms with Gasteiger partial charge in [-0.3, -0.25) is 9.59 Å². The Morgan fingerprint density at radius 1 is 1.35 bits per heavy atom. The molecule has 1 N–H and O–H groups in total. The highest BCUT2D eigenvalue weighted by Crippen LogP contribution is 2.47. The second-order valence-corrected chi connectivity index (χ2v) is 7.91. The quantitative estimate of drug-likeness (QED) is 0.921. The molecule has 2 aliphatic rings. The summed E-state index contributed by atoms with van der Waals surface area (Å²) in [6.07, 6.45) is 3.15. The number of carbonyl (C=O) groups is 2. The number of para-hydroxylation sites is 1. The van der Waals surface area contributed by atoms with Crippen LogP contribution in [0.1, 0.15) is 44.7 Å². The highest BCUT2D eigenvalue weighted by Gasteiger charge is 2.52. The minimum atomic E-state index is -0.352. The Bertz CT molecular complexity index is 624. The fraction of sp³-hybridized carbons (Fsp3) is 0.556. The second-order valence-electron chi connectivity index (χ2n) is 6.41. The van der Waals surface area contributed by atoms with Crippen LogP contribution in [0.5, 0.6) is 0 Å². The van der Waals surface area contributed by atoms with Crippen molar-refractivity contribution in [3.8, 4) is 0 Å². The number of carbonyl (C=O) groups excluding carboxylic acids is 2. The number of thioether (sulfide) groups is 1. The maximum Gasteiger partial charge on any atom is 0.248 e. The fourth-order valence-electron chi connectivity index (χ4n) is 3.62. The van der Waals surface area contributed by atoms with Crippen LogP contribution in [-0.4, -0.2) is 33.4 Å². The van der Waals surface area contributed by atoms with E-state index in [0.29, 0.717) is 12.2 Å². The summed E-state index contributed by atoms with van der Waals surface area (Å²) in [5.41, 5.74) is 3.24. The molecular formula is C18H24N2O2S. The molecule has 1 aromatic carbocycles. The van der Waals surface area contributed by atoms with Crippen LogP contribution in [0.25, 0.3) is 0 Å². The number of aryl methyl sites for hydroxylation is 2. The van der Waals surface area contributed by atoms with Gasteiger partial charge >= 0.3 is 0 Å². The number of rotatable bonds is 4. The van der Waals surface area contributed by atoms with Gasteiger partial charge in [0, 0.05) is 17.9 Å². The van der Waals surface area contributed by atoms with Crippen molar-refractivity contribution in [2.24, 2.45) is 0 Å². The van der Waals surface area contributed by atoms with Crippen LogP contribution in [0.2, 0.25) is 0 Å².